The lowest BCUT2D eigenvalue weighted by atomic mass is 10.0. The van der Waals surface area contributed by atoms with Crippen molar-refractivity contribution in [1.29, 1.82) is 0 Å². The Morgan fingerprint density at radius 2 is 1.26 bits per heavy atom. The molecule has 0 N–H and O–H groups in total. The van der Waals surface area contributed by atoms with E-state index in [1.54, 1.807) is 6.92 Å². The van der Waals surface area contributed by atoms with Gasteiger partial charge in [0.2, 0.25) is 0 Å². The van der Waals surface area contributed by atoms with Gasteiger partial charge in [0.25, 0.3) is 0 Å². The van der Waals surface area contributed by atoms with Crippen molar-refractivity contribution in [2.45, 2.75) is 34.1 Å². The molecule has 0 atom stereocenters. The number of rotatable bonds is 3. The minimum Gasteiger partial charge on any atom is -0.295 e. The van der Waals surface area contributed by atoms with Gasteiger partial charge in [-0.1, -0.05) is 69.3 Å². The summed E-state index contributed by atoms with van der Waals surface area (Å²) in [6.45, 7) is 7.74. The quantitative estimate of drug-likeness (QED) is 0.693. The normalized spacial score (nSPS) is 9.47. The van der Waals surface area contributed by atoms with E-state index >= 15 is 0 Å². The molecule has 19 heavy (non-hydrogen) atoms. The monoisotopic (exact) mass is 254 g/mol. The van der Waals surface area contributed by atoms with Gasteiger partial charge in [-0.25, -0.2) is 0 Å². The topological polar surface area (TPSA) is 17.1 Å². The fourth-order valence-electron chi connectivity index (χ4n) is 1.83. The summed E-state index contributed by atoms with van der Waals surface area (Å²) in [6, 6.07) is 16.3. The second-order valence-corrected chi connectivity index (χ2v) is 4.18. The van der Waals surface area contributed by atoms with Crippen LogP contribution in [-0.4, -0.2) is 5.78 Å². The van der Waals surface area contributed by atoms with Crippen molar-refractivity contribution in [3.05, 3.63) is 59.7 Å². The second-order valence-electron chi connectivity index (χ2n) is 4.18. The summed E-state index contributed by atoms with van der Waals surface area (Å²) >= 11 is 0. The molecule has 1 nitrogen and oxygen atoms in total. The first kappa shape index (κ1) is 15.2. The van der Waals surface area contributed by atoms with E-state index in [1.807, 2.05) is 38.1 Å². The lowest BCUT2D eigenvalue weighted by molar-refractivity contribution is 0.101. The molecule has 0 fully saturated rings. The molecule has 0 aliphatic heterocycles. The molecular weight excluding hydrogens is 232 g/mol. The molecule has 0 saturated carbocycles. The van der Waals surface area contributed by atoms with E-state index in [1.165, 1.54) is 11.1 Å². The zero-order valence-corrected chi connectivity index (χ0v) is 12.2. The SMILES string of the molecule is CC.CCc1ccc(-c2ccc(C(C)=O)cc2)cc1. The maximum Gasteiger partial charge on any atom is 0.159 e. The highest BCUT2D eigenvalue weighted by atomic mass is 16.1. The average Bonchev–Trinajstić information content (AvgIpc) is 2.49. The van der Waals surface area contributed by atoms with Crippen LogP contribution >= 0.6 is 0 Å². The fraction of sp³-hybridized carbons (Fsp3) is 0.278. The molecule has 0 aromatic heterocycles. The van der Waals surface area contributed by atoms with Gasteiger partial charge in [-0.3, -0.25) is 4.79 Å². The summed E-state index contributed by atoms with van der Waals surface area (Å²) in [5.74, 6) is 0.109. The van der Waals surface area contributed by atoms with Gasteiger partial charge in [0, 0.05) is 5.56 Å². The Kier molecular flexibility index (Phi) is 6.01. The van der Waals surface area contributed by atoms with Gasteiger partial charge in [-0.2, -0.15) is 0 Å². The zero-order valence-electron chi connectivity index (χ0n) is 12.2. The maximum atomic E-state index is 11.2. The van der Waals surface area contributed by atoms with Gasteiger partial charge in [-0.15, -0.1) is 0 Å². The van der Waals surface area contributed by atoms with Crippen LogP contribution < -0.4 is 0 Å². The summed E-state index contributed by atoms with van der Waals surface area (Å²) in [6.07, 6.45) is 1.06. The smallest absolute Gasteiger partial charge is 0.159 e. The highest BCUT2D eigenvalue weighted by Crippen LogP contribution is 2.20. The number of carbonyl (C=O) groups is 1. The van der Waals surface area contributed by atoms with Crippen molar-refractivity contribution >= 4 is 5.78 Å². The predicted octanol–water partition coefficient (Wildman–Crippen LogP) is 5.14. The minimum atomic E-state index is 0.109. The van der Waals surface area contributed by atoms with Gasteiger partial charge >= 0.3 is 0 Å². The summed E-state index contributed by atoms with van der Waals surface area (Å²) < 4.78 is 0. The third kappa shape index (κ3) is 4.06. The van der Waals surface area contributed by atoms with E-state index < -0.39 is 0 Å². The van der Waals surface area contributed by atoms with Gasteiger partial charge in [0.05, 0.1) is 0 Å². The Balaban J connectivity index is 0.000000861. The molecule has 0 amide bonds. The molecule has 0 aliphatic rings. The first-order chi connectivity index (χ1) is 9.20. The van der Waals surface area contributed by atoms with E-state index in [2.05, 4.69) is 31.2 Å². The number of hydrogen-bond donors (Lipinski definition) is 0. The van der Waals surface area contributed by atoms with Crippen molar-refractivity contribution in [3.8, 4) is 11.1 Å². The number of hydrogen-bond acceptors (Lipinski definition) is 1. The maximum absolute atomic E-state index is 11.2. The largest absolute Gasteiger partial charge is 0.295 e. The zero-order chi connectivity index (χ0) is 14.3. The summed E-state index contributed by atoms with van der Waals surface area (Å²) in [5.41, 5.74) is 4.45. The van der Waals surface area contributed by atoms with Crippen LogP contribution in [0.1, 0.15) is 43.6 Å². The Hall–Kier alpha value is -1.89. The Morgan fingerprint density at radius 3 is 1.63 bits per heavy atom. The lowest BCUT2D eigenvalue weighted by Gasteiger charge is -2.04. The molecule has 2 aromatic carbocycles. The van der Waals surface area contributed by atoms with Gasteiger partial charge in [0.15, 0.2) is 5.78 Å². The van der Waals surface area contributed by atoms with Crippen molar-refractivity contribution in [3.63, 3.8) is 0 Å². The number of ketones is 1. The number of benzene rings is 2. The standard InChI is InChI=1S/C16H16O.C2H6/c1-3-13-4-6-15(7-5-13)16-10-8-14(9-11-16)12(2)17;1-2/h4-11H,3H2,1-2H3;1-2H3. The highest BCUT2D eigenvalue weighted by Gasteiger charge is 2.00. The molecule has 2 aromatic rings. The van der Waals surface area contributed by atoms with Crippen molar-refractivity contribution in [2.24, 2.45) is 0 Å². The molecule has 0 radical (unpaired) electrons. The van der Waals surface area contributed by atoms with Crippen LogP contribution in [0.5, 0.6) is 0 Å². The second kappa shape index (κ2) is 7.52. The number of carbonyl (C=O) groups excluding carboxylic acids is 1. The van der Waals surface area contributed by atoms with E-state index in [0.717, 1.165) is 17.5 Å². The van der Waals surface area contributed by atoms with Crippen molar-refractivity contribution in [2.75, 3.05) is 0 Å². The van der Waals surface area contributed by atoms with Crippen LogP contribution in [0.3, 0.4) is 0 Å². The van der Waals surface area contributed by atoms with E-state index in [0.29, 0.717) is 0 Å². The molecule has 0 heterocycles. The van der Waals surface area contributed by atoms with E-state index in [-0.39, 0.29) is 5.78 Å². The summed E-state index contributed by atoms with van der Waals surface area (Å²) in [7, 11) is 0. The highest BCUT2D eigenvalue weighted by molar-refractivity contribution is 5.94. The van der Waals surface area contributed by atoms with Crippen molar-refractivity contribution in [1.82, 2.24) is 0 Å². The Morgan fingerprint density at radius 1 is 0.842 bits per heavy atom. The van der Waals surface area contributed by atoms with E-state index in [9.17, 15) is 4.79 Å². The molecule has 0 spiro atoms. The van der Waals surface area contributed by atoms with Crippen LogP contribution in [0.4, 0.5) is 0 Å². The van der Waals surface area contributed by atoms with Gasteiger partial charge < -0.3 is 0 Å². The molecule has 0 aliphatic carbocycles. The van der Waals surface area contributed by atoms with Crippen LogP contribution in [0.15, 0.2) is 48.5 Å². The lowest BCUT2D eigenvalue weighted by Crippen LogP contribution is -1.90. The van der Waals surface area contributed by atoms with E-state index in [4.69, 9.17) is 0 Å². The number of Topliss-reactive ketones (excluding diaryl/α,β-unsaturated/α-hetero) is 1. The first-order valence-electron chi connectivity index (χ1n) is 6.91. The molecule has 0 bridgehead atoms. The average molecular weight is 254 g/mol. The Bertz CT molecular complexity index is 506. The Labute approximate surface area is 116 Å². The molecule has 1 heteroatoms. The molecule has 100 valence electrons. The van der Waals surface area contributed by atoms with Crippen molar-refractivity contribution < 1.29 is 4.79 Å². The minimum absolute atomic E-state index is 0.109. The van der Waals surface area contributed by atoms with Crippen LogP contribution in [0, 0.1) is 0 Å². The molecular formula is C18H22O. The fourth-order valence-corrected chi connectivity index (χ4v) is 1.83. The number of aryl methyl sites for hydroxylation is 1. The summed E-state index contributed by atoms with van der Waals surface area (Å²) in [4.78, 5) is 11.2. The van der Waals surface area contributed by atoms with Gasteiger partial charge in [0.1, 0.15) is 0 Å². The molecule has 2 rings (SSSR count). The first-order valence-corrected chi connectivity index (χ1v) is 6.91. The third-order valence-corrected chi connectivity index (χ3v) is 2.99. The van der Waals surface area contributed by atoms with Gasteiger partial charge in [-0.05, 0) is 30.0 Å². The van der Waals surface area contributed by atoms with Crippen LogP contribution in [0.2, 0.25) is 0 Å². The third-order valence-electron chi connectivity index (χ3n) is 2.99. The van der Waals surface area contributed by atoms with Crippen LogP contribution in [-0.2, 0) is 6.42 Å². The molecule has 0 unspecified atom stereocenters. The molecule has 0 saturated heterocycles. The predicted molar refractivity (Wildman–Crippen MR) is 82.6 cm³/mol. The van der Waals surface area contributed by atoms with Crippen LogP contribution in [0.25, 0.3) is 11.1 Å². The summed E-state index contributed by atoms with van der Waals surface area (Å²) in [5, 5.41) is 0.